The Bertz CT molecular complexity index is 1020. The standard InChI is InChI=1S/C20H18ClN3.C3H7NO/c1-13-4-6-16(7-5-13)12-24-15(3)20(14(2)23-24)17-8-9-18(11-22)19(21)10-17;1-2-4-3-5/h4-10H,12H2,1-3H3;3H,2H2,1H3,(H,4,5). The van der Waals surface area contributed by atoms with Gasteiger partial charge in [0, 0.05) is 17.8 Å². The summed E-state index contributed by atoms with van der Waals surface area (Å²) >= 11 is 6.19. The van der Waals surface area contributed by atoms with E-state index in [0.29, 0.717) is 17.0 Å². The summed E-state index contributed by atoms with van der Waals surface area (Å²) in [6.07, 6.45) is 0.681. The SMILES string of the molecule is CCNC=O.Cc1ccc(Cn2nc(C)c(-c3ccc(C#N)c(Cl)c3)c2C)cc1. The molecule has 0 saturated heterocycles. The summed E-state index contributed by atoms with van der Waals surface area (Å²) in [4.78, 5) is 9.29. The second-order valence-corrected chi connectivity index (χ2v) is 7.08. The molecule has 150 valence electrons. The molecule has 0 unspecified atom stereocenters. The Balaban J connectivity index is 0.000000537. The van der Waals surface area contributed by atoms with E-state index in [-0.39, 0.29) is 0 Å². The van der Waals surface area contributed by atoms with Crippen molar-refractivity contribution >= 4 is 18.0 Å². The van der Waals surface area contributed by atoms with Crippen molar-refractivity contribution in [1.82, 2.24) is 15.1 Å². The van der Waals surface area contributed by atoms with Gasteiger partial charge in [-0.1, -0.05) is 47.5 Å². The van der Waals surface area contributed by atoms with Crippen LogP contribution in [0.1, 0.15) is 35.0 Å². The Morgan fingerprint density at radius 1 is 1.17 bits per heavy atom. The average molecular weight is 409 g/mol. The van der Waals surface area contributed by atoms with Crippen molar-refractivity contribution in [1.29, 1.82) is 5.26 Å². The van der Waals surface area contributed by atoms with Gasteiger partial charge in [0.25, 0.3) is 0 Å². The highest BCUT2D eigenvalue weighted by Crippen LogP contribution is 2.30. The van der Waals surface area contributed by atoms with Gasteiger partial charge >= 0.3 is 0 Å². The van der Waals surface area contributed by atoms with E-state index < -0.39 is 0 Å². The molecule has 1 heterocycles. The fraction of sp³-hybridized carbons (Fsp3) is 0.261. The van der Waals surface area contributed by atoms with Gasteiger partial charge in [-0.05, 0) is 51.0 Å². The van der Waals surface area contributed by atoms with Gasteiger partial charge in [-0.15, -0.1) is 0 Å². The summed E-state index contributed by atoms with van der Waals surface area (Å²) in [5.74, 6) is 0. The number of halogens is 1. The highest BCUT2D eigenvalue weighted by Gasteiger charge is 2.15. The largest absolute Gasteiger partial charge is 0.359 e. The lowest BCUT2D eigenvalue weighted by Gasteiger charge is -2.07. The zero-order chi connectivity index (χ0) is 21.4. The second kappa shape index (κ2) is 10.4. The number of carbonyl (C=O) groups is 1. The Morgan fingerprint density at radius 3 is 2.38 bits per heavy atom. The second-order valence-electron chi connectivity index (χ2n) is 6.67. The van der Waals surface area contributed by atoms with Gasteiger partial charge in [-0.2, -0.15) is 10.4 Å². The number of amides is 1. The minimum atomic E-state index is 0.472. The molecule has 1 aromatic heterocycles. The van der Waals surface area contributed by atoms with Crippen LogP contribution in [0.3, 0.4) is 0 Å². The maximum Gasteiger partial charge on any atom is 0.207 e. The number of aryl methyl sites for hydroxylation is 2. The molecule has 29 heavy (non-hydrogen) atoms. The first-order valence-electron chi connectivity index (χ1n) is 9.37. The Labute approximate surface area is 176 Å². The van der Waals surface area contributed by atoms with E-state index in [1.807, 2.05) is 30.7 Å². The quantitative estimate of drug-likeness (QED) is 0.616. The van der Waals surface area contributed by atoms with Gasteiger partial charge in [0.15, 0.2) is 0 Å². The van der Waals surface area contributed by atoms with E-state index in [1.54, 1.807) is 6.07 Å². The third kappa shape index (κ3) is 5.69. The van der Waals surface area contributed by atoms with Crippen LogP contribution in [0.2, 0.25) is 5.02 Å². The molecule has 0 aliphatic carbocycles. The predicted octanol–water partition coefficient (Wildman–Crippen LogP) is 4.80. The van der Waals surface area contributed by atoms with E-state index in [0.717, 1.165) is 35.6 Å². The molecule has 0 aliphatic rings. The maximum atomic E-state index is 9.29. The molecule has 2 aromatic carbocycles. The normalized spacial score (nSPS) is 9.93. The van der Waals surface area contributed by atoms with Crippen LogP contribution < -0.4 is 5.32 Å². The molecule has 0 radical (unpaired) electrons. The van der Waals surface area contributed by atoms with Crippen molar-refractivity contribution in [3.8, 4) is 17.2 Å². The molecule has 0 aliphatic heterocycles. The molecule has 5 nitrogen and oxygen atoms in total. The minimum Gasteiger partial charge on any atom is -0.359 e. The molecule has 0 fully saturated rings. The molecular weight excluding hydrogens is 384 g/mol. The minimum absolute atomic E-state index is 0.472. The van der Waals surface area contributed by atoms with E-state index in [2.05, 4.69) is 54.6 Å². The summed E-state index contributed by atoms with van der Waals surface area (Å²) in [7, 11) is 0. The highest BCUT2D eigenvalue weighted by atomic mass is 35.5. The smallest absolute Gasteiger partial charge is 0.207 e. The lowest BCUT2D eigenvalue weighted by molar-refractivity contribution is -0.109. The van der Waals surface area contributed by atoms with Crippen LogP contribution >= 0.6 is 11.6 Å². The molecule has 1 N–H and O–H groups in total. The Morgan fingerprint density at radius 2 is 1.86 bits per heavy atom. The highest BCUT2D eigenvalue weighted by molar-refractivity contribution is 6.32. The third-order valence-electron chi connectivity index (χ3n) is 4.50. The number of benzene rings is 2. The molecule has 0 atom stereocenters. The number of nitrogens with zero attached hydrogens (tertiary/aromatic N) is 3. The van der Waals surface area contributed by atoms with Crippen LogP contribution in [-0.2, 0) is 11.3 Å². The van der Waals surface area contributed by atoms with Crippen LogP contribution in [0.5, 0.6) is 0 Å². The van der Waals surface area contributed by atoms with Crippen LogP contribution in [0.4, 0.5) is 0 Å². The molecule has 0 saturated carbocycles. The number of carbonyl (C=O) groups excluding carboxylic acids is 1. The van der Waals surface area contributed by atoms with Crippen molar-refractivity contribution in [3.05, 3.63) is 75.6 Å². The lowest BCUT2D eigenvalue weighted by atomic mass is 10.0. The zero-order valence-electron chi connectivity index (χ0n) is 17.2. The summed E-state index contributed by atoms with van der Waals surface area (Å²) in [5, 5.41) is 16.6. The van der Waals surface area contributed by atoms with Gasteiger partial charge < -0.3 is 5.32 Å². The number of hydrogen-bond donors (Lipinski definition) is 1. The van der Waals surface area contributed by atoms with Crippen molar-refractivity contribution in [2.75, 3.05) is 6.54 Å². The third-order valence-corrected chi connectivity index (χ3v) is 4.81. The first-order chi connectivity index (χ1) is 13.9. The monoisotopic (exact) mass is 408 g/mol. The number of hydrogen-bond acceptors (Lipinski definition) is 3. The van der Waals surface area contributed by atoms with Gasteiger partial charge in [-0.3, -0.25) is 9.48 Å². The van der Waals surface area contributed by atoms with E-state index in [9.17, 15) is 4.79 Å². The molecule has 0 spiro atoms. The first kappa shape index (κ1) is 22.2. The summed E-state index contributed by atoms with van der Waals surface area (Å²) < 4.78 is 2.02. The van der Waals surface area contributed by atoms with Crippen LogP contribution in [0, 0.1) is 32.1 Å². The van der Waals surface area contributed by atoms with Gasteiger partial charge in [-0.25, -0.2) is 0 Å². The van der Waals surface area contributed by atoms with Gasteiger partial charge in [0.05, 0.1) is 22.8 Å². The van der Waals surface area contributed by atoms with Crippen molar-refractivity contribution in [3.63, 3.8) is 0 Å². The summed E-state index contributed by atoms with van der Waals surface area (Å²) in [5.41, 5.74) is 7.07. The molecule has 1 amide bonds. The number of nitrogens with one attached hydrogen (secondary N) is 1. The number of rotatable bonds is 5. The van der Waals surface area contributed by atoms with Crippen LogP contribution in [-0.4, -0.2) is 22.7 Å². The fourth-order valence-corrected chi connectivity index (χ4v) is 3.20. The van der Waals surface area contributed by atoms with E-state index in [1.165, 1.54) is 11.1 Å². The number of nitriles is 1. The lowest BCUT2D eigenvalue weighted by Crippen LogP contribution is -2.07. The van der Waals surface area contributed by atoms with Crippen LogP contribution in [0.25, 0.3) is 11.1 Å². The average Bonchev–Trinajstić information content (AvgIpc) is 2.98. The summed E-state index contributed by atoms with van der Waals surface area (Å²) in [6, 6.07) is 16.1. The maximum absolute atomic E-state index is 9.29. The molecule has 3 rings (SSSR count). The molecular formula is C23H25ClN4O. The predicted molar refractivity (Wildman–Crippen MR) is 117 cm³/mol. The first-order valence-corrected chi connectivity index (χ1v) is 9.75. The molecule has 0 bridgehead atoms. The summed E-state index contributed by atoms with van der Waals surface area (Å²) in [6.45, 7) is 9.48. The fourth-order valence-electron chi connectivity index (χ4n) is 2.98. The Kier molecular flexibility index (Phi) is 7.99. The Hall–Kier alpha value is -3.10. The topological polar surface area (TPSA) is 70.7 Å². The molecule has 3 aromatic rings. The number of aromatic nitrogens is 2. The zero-order valence-corrected chi connectivity index (χ0v) is 17.9. The van der Waals surface area contributed by atoms with Gasteiger partial charge in [0.1, 0.15) is 6.07 Å². The van der Waals surface area contributed by atoms with Crippen molar-refractivity contribution in [2.45, 2.75) is 34.2 Å². The van der Waals surface area contributed by atoms with Gasteiger partial charge in [0.2, 0.25) is 6.41 Å². The van der Waals surface area contributed by atoms with Crippen molar-refractivity contribution in [2.24, 2.45) is 0 Å². The van der Waals surface area contributed by atoms with Crippen molar-refractivity contribution < 1.29 is 4.79 Å². The van der Waals surface area contributed by atoms with E-state index in [4.69, 9.17) is 16.9 Å². The van der Waals surface area contributed by atoms with Crippen LogP contribution in [0.15, 0.2) is 42.5 Å². The molecule has 6 heteroatoms. The van der Waals surface area contributed by atoms with E-state index >= 15 is 0 Å².